The van der Waals surface area contributed by atoms with Gasteiger partial charge in [0.25, 0.3) is 0 Å². The second kappa shape index (κ2) is 3.72. The SMILES string of the molecule is C/[C]=C(\C)[N]CC. The summed E-state index contributed by atoms with van der Waals surface area (Å²) in [7, 11) is 0. The summed E-state index contributed by atoms with van der Waals surface area (Å²) >= 11 is 0. The molecule has 0 amide bonds. The molecule has 0 aliphatic rings. The zero-order valence-corrected chi connectivity index (χ0v) is 5.15. The maximum atomic E-state index is 4.05. The highest BCUT2D eigenvalue weighted by Crippen LogP contribution is 1.82. The van der Waals surface area contributed by atoms with Crippen LogP contribution in [0.2, 0.25) is 0 Å². The van der Waals surface area contributed by atoms with Crippen molar-refractivity contribution in [1.82, 2.24) is 5.32 Å². The number of allylic oxidation sites excluding steroid dienone is 2. The molecule has 0 saturated heterocycles. The van der Waals surface area contributed by atoms with Gasteiger partial charge in [-0.3, -0.25) is 5.32 Å². The molecule has 0 saturated carbocycles. The topological polar surface area (TPSA) is 14.1 Å². The quantitative estimate of drug-likeness (QED) is 0.493. The van der Waals surface area contributed by atoms with Crippen molar-refractivity contribution in [2.75, 3.05) is 6.54 Å². The molecule has 0 aromatic carbocycles. The molecule has 0 aromatic rings. The minimum Gasteiger partial charge on any atom is -0.290 e. The fourth-order valence-electron chi connectivity index (χ4n) is 0.316. The summed E-state index contributed by atoms with van der Waals surface area (Å²) < 4.78 is 0. The molecular weight excluding hydrogens is 86.1 g/mol. The summed E-state index contributed by atoms with van der Waals surface area (Å²) in [5, 5.41) is 4.05. The van der Waals surface area contributed by atoms with Crippen molar-refractivity contribution in [3.8, 4) is 0 Å². The van der Waals surface area contributed by atoms with Gasteiger partial charge in [-0.2, -0.15) is 0 Å². The van der Waals surface area contributed by atoms with Gasteiger partial charge in [-0.05, 0) is 26.8 Å². The lowest BCUT2D eigenvalue weighted by atomic mass is 10.4. The van der Waals surface area contributed by atoms with E-state index in [4.69, 9.17) is 0 Å². The molecule has 0 aliphatic carbocycles. The van der Waals surface area contributed by atoms with Gasteiger partial charge in [0.15, 0.2) is 0 Å². The fourth-order valence-corrected chi connectivity index (χ4v) is 0.316. The van der Waals surface area contributed by atoms with E-state index in [-0.39, 0.29) is 0 Å². The van der Waals surface area contributed by atoms with Crippen LogP contribution in [0.25, 0.3) is 0 Å². The molecule has 0 spiro atoms. The van der Waals surface area contributed by atoms with Crippen molar-refractivity contribution in [3.05, 3.63) is 11.8 Å². The first-order valence-corrected chi connectivity index (χ1v) is 2.50. The second-order valence-electron chi connectivity index (χ2n) is 1.31. The summed E-state index contributed by atoms with van der Waals surface area (Å²) in [4.78, 5) is 0. The first-order chi connectivity index (χ1) is 3.31. The lowest BCUT2D eigenvalue weighted by molar-refractivity contribution is 0.830. The molecule has 0 aromatic heterocycles. The van der Waals surface area contributed by atoms with Crippen molar-refractivity contribution in [2.24, 2.45) is 0 Å². The fraction of sp³-hybridized carbons (Fsp3) is 0.667. The Hall–Kier alpha value is -0.460. The summed E-state index contributed by atoms with van der Waals surface area (Å²) in [5.74, 6) is 0. The summed E-state index contributed by atoms with van der Waals surface area (Å²) in [6.07, 6.45) is 2.92. The van der Waals surface area contributed by atoms with Crippen LogP contribution in [0.1, 0.15) is 20.8 Å². The van der Waals surface area contributed by atoms with Crippen molar-refractivity contribution < 1.29 is 0 Å². The van der Waals surface area contributed by atoms with Gasteiger partial charge in [-0.15, -0.1) is 0 Å². The van der Waals surface area contributed by atoms with Crippen molar-refractivity contribution in [2.45, 2.75) is 20.8 Å². The van der Waals surface area contributed by atoms with Crippen LogP contribution in [0.4, 0.5) is 0 Å². The van der Waals surface area contributed by atoms with Crippen LogP contribution >= 0.6 is 0 Å². The summed E-state index contributed by atoms with van der Waals surface area (Å²) in [5.41, 5.74) is 1.00. The molecule has 0 N–H and O–H groups in total. The molecule has 40 valence electrons. The van der Waals surface area contributed by atoms with Crippen LogP contribution < -0.4 is 5.32 Å². The average molecular weight is 97.2 g/mol. The highest BCUT2D eigenvalue weighted by molar-refractivity contribution is 4.84. The Morgan fingerprint density at radius 1 is 1.71 bits per heavy atom. The molecule has 1 heteroatoms. The third kappa shape index (κ3) is 3.37. The van der Waals surface area contributed by atoms with E-state index in [9.17, 15) is 0 Å². The Morgan fingerprint density at radius 3 is 2.43 bits per heavy atom. The smallest absolute Gasteiger partial charge is 0.0364 e. The molecule has 0 unspecified atom stereocenters. The predicted molar refractivity (Wildman–Crippen MR) is 30.8 cm³/mol. The van der Waals surface area contributed by atoms with E-state index in [1.807, 2.05) is 20.8 Å². The molecule has 0 fully saturated rings. The van der Waals surface area contributed by atoms with Gasteiger partial charge in [-0.1, -0.05) is 0 Å². The minimum absolute atomic E-state index is 0.868. The van der Waals surface area contributed by atoms with Crippen LogP contribution in [0.3, 0.4) is 0 Å². The molecular formula is C6H11N. The predicted octanol–water partition coefficient (Wildman–Crippen LogP) is 1.34. The molecule has 7 heavy (non-hydrogen) atoms. The van der Waals surface area contributed by atoms with Gasteiger partial charge in [0, 0.05) is 12.2 Å². The van der Waals surface area contributed by atoms with E-state index >= 15 is 0 Å². The van der Waals surface area contributed by atoms with Gasteiger partial charge in [0.05, 0.1) is 0 Å². The second-order valence-corrected chi connectivity index (χ2v) is 1.31. The molecule has 0 atom stereocenters. The Balaban J connectivity index is 3.17. The number of nitrogens with zero attached hydrogens (tertiary/aromatic N) is 1. The van der Waals surface area contributed by atoms with Crippen LogP contribution in [-0.2, 0) is 0 Å². The van der Waals surface area contributed by atoms with Crippen LogP contribution in [-0.4, -0.2) is 6.54 Å². The van der Waals surface area contributed by atoms with Crippen molar-refractivity contribution >= 4 is 0 Å². The van der Waals surface area contributed by atoms with Crippen LogP contribution in [0.5, 0.6) is 0 Å². The largest absolute Gasteiger partial charge is 0.290 e. The Morgan fingerprint density at radius 2 is 2.29 bits per heavy atom. The molecule has 0 aliphatic heterocycles. The first kappa shape index (κ1) is 6.54. The van der Waals surface area contributed by atoms with Crippen molar-refractivity contribution in [1.29, 1.82) is 0 Å². The standard InChI is InChI=1S/C6H11N/c1-4-6(3)7-5-2/h5H2,1-3H3. The van der Waals surface area contributed by atoms with Crippen LogP contribution in [0.15, 0.2) is 5.70 Å². The van der Waals surface area contributed by atoms with Crippen molar-refractivity contribution in [3.63, 3.8) is 0 Å². The normalized spacial score (nSPS) is 11.6. The lowest BCUT2D eigenvalue weighted by Gasteiger charge is -1.92. The molecule has 0 rings (SSSR count). The minimum atomic E-state index is 0.868. The Bertz CT molecular complexity index is 64.6. The maximum Gasteiger partial charge on any atom is 0.0364 e. The third-order valence-corrected chi connectivity index (χ3v) is 0.757. The van der Waals surface area contributed by atoms with E-state index in [2.05, 4.69) is 11.4 Å². The molecule has 0 heterocycles. The number of hydrogen-bond donors (Lipinski definition) is 0. The third-order valence-electron chi connectivity index (χ3n) is 0.757. The number of hydrogen-bond acceptors (Lipinski definition) is 0. The van der Waals surface area contributed by atoms with E-state index in [0.717, 1.165) is 12.2 Å². The van der Waals surface area contributed by atoms with E-state index in [1.54, 1.807) is 0 Å². The zero-order chi connectivity index (χ0) is 5.70. The Kier molecular flexibility index (Phi) is 3.48. The molecule has 2 radical (unpaired) electrons. The van der Waals surface area contributed by atoms with E-state index in [1.165, 1.54) is 0 Å². The monoisotopic (exact) mass is 97.1 g/mol. The maximum absolute atomic E-state index is 4.05. The number of rotatable bonds is 2. The first-order valence-electron chi connectivity index (χ1n) is 2.50. The summed E-state index contributed by atoms with van der Waals surface area (Å²) in [6, 6.07) is 0. The summed E-state index contributed by atoms with van der Waals surface area (Å²) in [6.45, 7) is 6.70. The highest BCUT2D eigenvalue weighted by Gasteiger charge is 1.79. The van der Waals surface area contributed by atoms with Crippen LogP contribution in [0, 0.1) is 6.08 Å². The molecule has 0 bridgehead atoms. The van der Waals surface area contributed by atoms with E-state index in [0.29, 0.717) is 0 Å². The average Bonchev–Trinajstić information content (AvgIpc) is 1.68. The Labute approximate surface area is 45.4 Å². The van der Waals surface area contributed by atoms with Gasteiger partial charge < -0.3 is 0 Å². The zero-order valence-electron chi connectivity index (χ0n) is 5.15. The van der Waals surface area contributed by atoms with E-state index < -0.39 is 0 Å². The highest BCUT2D eigenvalue weighted by atomic mass is 14.8. The van der Waals surface area contributed by atoms with Gasteiger partial charge in [0.2, 0.25) is 0 Å². The lowest BCUT2D eigenvalue weighted by Crippen LogP contribution is -1.98. The van der Waals surface area contributed by atoms with Gasteiger partial charge in [0.1, 0.15) is 0 Å². The molecule has 1 nitrogen and oxygen atoms in total. The van der Waals surface area contributed by atoms with Gasteiger partial charge in [-0.25, -0.2) is 0 Å². The van der Waals surface area contributed by atoms with Gasteiger partial charge >= 0.3 is 0 Å².